The van der Waals surface area contributed by atoms with Crippen molar-refractivity contribution in [2.45, 2.75) is 27.7 Å². The lowest BCUT2D eigenvalue weighted by Gasteiger charge is -2.03. The Morgan fingerprint density at radius 2 is 1.62 bits per heavy atom. The third-order valence-electron chi connectivity index (χ3n) is 1.06. The molecule has 0 aliphatic rings. The van der Waals surface area contributed by atoms with Crippen molar-refractivity contribution in [3.05, 3.63) is 11.3 Å². The number of allylic oxidation sites excluding steroid dienone is 2. The highest BCUT2D eigenvalue weighted by atomic mass is 16.3. The topological polar surface area (TPSA) is 20.2 Å². The Kier molecular flexibility index (Phi) is 2.59. The zero-order valence-corrected chi connectivity index (χ0v) is 6.02. The first-order chi connectivity index (χ1) is 3.55. The molecule has 0 aliphatic carbocycles. The van der Waals surface area contributed by atoms with Gasteiger partial charge in [0.25, 0.3) is 0 Å². The van der Waals surface area contributed by atoms with E-state index in [-0.39, 0.29) is 5.92 Å². The van der Waals surface area contributed by atoms with E-state index in [1.807, 2.05) is 27.7 Å². The van der Waals surface area contributed by atoms with E-state index in [2.05, 4.69) is 0 Å². The number of rotatable bonds is 1. The van der Waals surface area contributed by atoms with Gasteiger partial charge in [-0.3, -0.25) is 0 Å². The van der Waals surface area contributed by atoms with Crippen LogP contribution in [0.2, 0.25) is 0 Å². The van der Waals surface area contributed by atoms with Crippen LogP contribution < -0.4 is 0 Å². The summed E-state index contributed by atoms with van der Waals surface area (Å²) in [6, 6.07) is 0. The molecule has 0 aromatic rings. The summed E-state index contributed by atoms with van der Waals surface area (Å²) in [6.45, 7) is 7.77. The Labute approximate surface area is 51.0 Å². The van der Waals surface area contributed by atoms with Crippen molar-refractivity contribution in [1.82, 2.24) is 0 Å². The van der Waals surface area contributed by atoms with Crippen molar-refractivity contribution in [1.29, 1.82) is 0 Å². The predicted molar refractivity (Wildman–Crippen MR) is 35.8 cm³/mol. The van der Waals surface area contributed by atoms with Crippen LogP contribution in [0, 0.1) is 5.92 Å². The van der Waals surface area contributed by atoms with Crippen LogP contribution in [-0.2, 0) is 0 Å². The highest BCUT2D eigenvalue weighted by Crippen LogP contribution is 2.09. The fourth-order valence-corrected chi connectivity index (χ4v) is 0.577. The lowest BCUT2D eigenvalue weighted by molar-refractivity contribution is 0.345. The van der Waals surface area contributed by atoms with Crippen molar-refractivity contribution < 1.29 is 5.11 Å². The number of aliphatic hydroxyl groups excluding tert-OH is 1. The maximum atomic E-state index is 9.08. The minimum absolute atomic E-state index is 0.278. The first-order valence-corrected chi connectivity index (χ1v) is 2.92. The molecule has 0 bridgehead atoms. The minimum atomic E-state index is 0.278. The van der Waals surface area contributed by atoms with E-state index < -0.39 is 0 Å². The Morgan fingerprint density at radius 1 is 1.25 bits per heavy atom. The molecule has 1 heteroatoms. The summed E-state index contributed by atoms with van der Waals surface area (Å²) in [6.07, 6.45) is 0. The zero-order chi connectivity index (χ0) is 6.73. The van der Waals surface area contributed by atoms with Crippen LogP contribution in [-0.4, -0.2) is 5.11 Å². The largest absolute Gasteiger partial charge is 0.512 e. The summed E-state index contributed by atoms with van der Waals surface area (Å²) in [5.74, 6) is 0.796. The average Bonchev–Trinajstić information content (AvgIpc) is 1.64. The van der Waals surface area contributed by atoms with Gasteiger partial charge in [-0.25, -0.2) is 0 Å². The number of aliphatic hydroxyl groups is 1. The second-order valence-electron chi connectivity index (χ2n) is 2.54. The maximum Gasteiger partial charge on any atom is 0.0934 e. The molecular formula is C7H14O. The van der Waals surface area contributed by atoms with E-state index in [9.17, 15) is 0 Å². The highest BCUT2D eigenvalue weighted by Gasteiger charge is 1.99. The van der Waals surface area contributed by atoms with Gasteiger partial charge in [0, 0.05) is 5.92 Å². The molecule has 0 spiro atoms. The fraction of sp³-hybridized carbons (Fsp3) is 0.714. The molecule has 0 amide bonds. The van der Waals surface area contributed by atoms with Gasteiger partial charge in [0.15, 0.2) is 0 Å². The molecule has 0 fully saturated rings. The molecule has 0 heterocycles. The van der Waals surface area contributed by atoms with Crippen molar-refractivity contribution in [3.8, 4) is 0 Å². The standard InChI is InChI=1S/C7H14O/c1-5(2)7(8)6(3)4/h5,8H,1-4H3. The van der Waals surface area contributed by atoms with Crippen LogP contribution in [0.25, 0.3) is 0 Å². The zero-order valence-electron chi connectivity index (χ0n) is 6.02. The maximum absolute atomic E-state index is 9.08. The van der Waals surface area contributed by atoms with Crippen molar-refractivity contribution in [2.24, 2.45) is 5.92 Å². The summed E-state index contributed by atoms with van der Waals surface area (Å²) >= 11 is 0. The van der Waals surface area contributed by atoms with Gasteiger partial charge >= 0.3 is 0 Å². The van der Waals surface area contributed by atoms with Gasteiger partial charge in [0.05, 0.1) is 5.76 Å². The average molecular weight is 114 g/mol. The molecule has 0 unspecified atom stereocenters. The molecule has 0 atom stereocenters. The van der Waals surface area contributed by atoms with Crippen LogP contribution in [0.5, 0.6) is 0 Å². The summed E-state index contributed by atoms with van der Waals surface area (Å²) in [5, 5.41) is 9.08. The van der Waals surface area contributed by atoms with Gasteiger partial charge in [-0.2, -0.15) is 0 Å². The number of hydrogen-bond acceptors (Lipinski definition) is 1. The molecule has 48 valence electrons. The molecule has 0 aromatic heterocycles. The molecule has 8 heavy (non-hydrogen) atoms. The van der Waals surface area contributed by atoms with Crippen LogP contribution in [0.1, 0.15) is 27.7 Å². The normalized spacial score (nSPS) is 9.62. The summed E-state index contributed by atoms with van der Waals surface area (Å²) in [7, 11) is 0. The Hall–Kier alpha value is -0.460. The molecule has 0 aromatic carbocycles. The molecule has 0 saturated carbocycles. The van der Waals surface area contributed by atoms with Gasteiger partial charge in [-0.15, -0.1) is 0 Å². The van der Waals surface area contributed by atoms with Crippen molar-refractivity contribution in [3.63, 3.8) is 0 Å². The van der Waals surface area contributed by atoms with Crippen molar-refractivity contribution in [2.75, 3.05) is 0 Å². The second-order valence-corrected chi connectivity index (χ2v) is 2.54. The molecule has 1 nitrogen and oxygen atoms in total. The lowest BCUT2D eigenvalue weighted by atomic mass is 10.1. The third-order valence-corrected chi connectivity index (χ3v) is 1.06. The first-order valence-electron chi connectivity index (χ1n) is 2.92. The molecule has 1 N–H and O–H groups in total. The first kappa shape index (κ1) is 7.54. The van der Waals surface area contributed by atoms with Crippen molar-refractivity contribution >= 4 is 0 Å². The molecular weight excluding hydrogens is 100 g/mol. The van der Waals surface area contributed by atoms with E-state index in [1.54, 1.807) is 0 Å². The minimum Gasteiger partial charge on any atom is -0.512 e. The molecule has 0 saturated heterocycles. The Balaban J connectivity index is 4.00. The van der Waals surface area contributed by atoms with Gasteiger partial charge in [0.2, 0.25) is 0 Å². The van der Waals surface area contributed by atoms with Crippen LogP contribution in [0.4, 0.5) is 0 Å². The summed E-state index contributed by atoms with van der Waals surface area (Å²) < 4.78 is 0. The summed E-state index contributed by atoms with van der Waals surface area (Å²) in [4.78, 5) is 0. The number of hydrogen-bond donors (Lipinski definition) is 1. The van der Waals surface area contributed by atoms with E-state index in [0.717, 1.165) is 5.57 Å². The Bertz CT molecular complexity index is 97.0. The van der Waals surface area contributed by atoms with Gasteiger partial charge in [0.1, 0.15) is 0 Å². The van der Waals surface area contributed by atoms with E-state index >= 15 is 0 Å². The van der Waals surface area contributed by atoms with E-state index in [4.69, 9.17) is 5.11 Å². The highest BCUT2D eigenvalue weighted by molar-refractivity contribution is 5.02. The van der Waals surface area contributed by atoms with Gasteiger partial charge in [-0.1, -0.05) is 13.8 Å². The monoisotopic (exact) mass is 114 g/mol. The predicted octanol–water partition coefficient (Wildman–Crippen LogP) is 2.49. The smallest absolute Gasteiger partial charge is 0.0934 e. The van der Waals surface area contributed by atoms with Gasteiger partial charge < -0.3 is 5.11 Å². The van der Waals surface area contributed by atoms with E-state index in [0.29, 0.717) is 5.76 Å². The molecule has 0 rings (SSSR count). The van der Waals surface area contributed by atoms with Crippen LogP contribution >= 0.6 is 0 Å². The molecule has 0 radical (unpaired) electrons. The second kappa shape index (κ2) is 2.75. The van der Waals surface area contributed by atoms with E-state index in [1.165, 1.54) is 0 Å². The quantitative estimate of drug-likeness (QED) is 0.519. The SMILES string of the molecule is CC(C)=C(O)C(C)C. The fourth-order valence-electron chi connectivity index (χ4n) is 0.577. The Morgan fingerprint density at radius 3 is 1.62 bits per heavy atom. The summed E-state index contributed by atoms with van der Waals surface area (Å²) in [5.41, 5.74) is 1.01. The van der Waals surface area contributed by atoms with Crippen LogP contribution in [0.3, 0.4) is 0 Å². The third kappa shape index (κ3) is 2.01. The lowest BCUT2D eigenvalue weighted by Crippen LogP contribution is -1.93. The van der Waals surface area contributed by atoms with Crippen LogP contribution in [0.15, 0.2) is 11.3 Å². The molecule has 0 aliphatic heterocycles. The van der Waals surface area contributed by atoms with Gasteiger partial charge in [-0.05, 0) is 19.4 Å².